The molecule has 158 valence electrons. The average Bonchev–Trinajstić information content (AvgIpc) is 2.77. The zero-order chi connectivity index (χ0) is 23.2. The quantitative estimate of drug-likeness (QED) is 0.200. The third-order valence-electron chi connectivity index (χ3n) is 4.43. The number of rotatable bonds is 4. The van der Waals surface area contributed by atoms with Crippen molar-refractivity contribution in [2.75, 3.05) is 4.90 Å². The molecule has 0 atom stereocenters. The standard InChI is InChI=1S/C19H6F10N.Li/c1-6-4-2-3-5-7(6)30(18-14(26)10(22)8(20)11(23)15(18)27)19-16(28)12(24)9(21)13(25)17(19)29;/h2-5H,1H2;. The van der Waals surface area contributed by atoms with Crippen molar-refractivity contribution in [3.63, 3.8) is 0 Å². The van der Waals surface area contributed by atoms with Gasteiger partial charge in [0, 0.05) is 0 Å². The molecule has 3 aromatic carbocycles. The van der Waals surface area contributed by atoms with E-state index in [9.17, 15) is 43.9 Å². The van der Waals surface area contributed by atoms with Crippen molar-refractivity contribution in [3.05, 3.63) is 88.0 Å². The fourth-order valence-corrected chi connectivity index (χ4v) is 2.96. The van der Waals surface area contributed by atoms with Gasteiger partial charge in [-0.25, -0.2) is 0 Å². The van der Waals surface area contributed by atoms with Gasteiger partial charge in [-0.05, 0) is 0 Å². The van der Waals surface area contributed by atoms with Gasteiger partial charge in [0.05, 0.1) is 0 Å². The first-order valence-corrected chi connectivity index (χ1v) is 8.45. The van der Waals surface area contributed by atoms with Crippen LogP contribution in [-0.2, 0) is 5.09 Å². The van der Waals surface area contributed by atoms with E-state index in [1.807, 2.05) is 0 Å². The molecular weight excluding hydrogens is 439 g/mol. The van der Waals surface area contributed by atoms with Gasteiger partial charge in [-0.2, -0.15) is 0 Å². The maximum atomic E-state index is 14.5. The number of benzene rings is 3. The zero-order valence-corrected chi connectivity index (χ0v) is 15.2. The van der Waals surface area contributed by atoms with E-state index in [4.69, 9.17) is 0 Å². The van der Waals surface area contributed by atoms with Gasteiger partial charge in [0.2, 0.25) is 0 Å². The Morgan fingerprint density at radius 1 is 0.516 bits per heavy atom. The van der Waals surface area contributed by atoms with Crippen molar-refractivity contribution in [3.8, 4) is 0 Å². The minimum atomic E-state index is -2.57. The van der Waals surface area contributed by atoms with Crippen molar-refractivity contribution in [1.29, 1.82) is 0 Å². The topological polar surface area (TPSA) is 3.24 Å². The first kappa shape index (κ1) is 23.0. The Morgan fingerprint density at radius 2 is 0.839 bits per heavy atom. The van der Waals surface area contributed by atoms with Crippen LogP contribution in [0.4, 0.5) is 61.0 Å². The summed E-state index contributed by atoms with van der Waals surface area (Å²) in [4.78, 5) is -0.217. The molecule has 0 aliphatic rings. The average molecular weight is 445 g/mol. The second-order valence-corrected chi connectivity index (χ2v) is 6.15. The van der Waals surface area contributed by atoms with Crippen LogP contribution in [0.3, 0.4) is 0 Å². The summed E-state index contributed by atoms with van der Waals surface area (Å²) in [5.74, 6) is -25.2. The molecule has 3 aromatic rings. The SMILES string of the molecule is [Li][CH2]c1ccccc1N(c1c(F)c(F)c(F)c(F)c1F)c1c(F)c(F)c(F)c(F)c1F. The van der Waals surface area contributed by atoms with Gasteiger partial charge in [-0.3, -0.25) is 0 Å². The number of hydrogen-bond donors (Lipinski definition) is 0. The molecule has 0 N–H and O–H groups in total. The monoisotopic (exact) mass is 445 g/mol. The summed E-state index contributed by atoms with van der Waals surface area (Å²) in [5, 5.41) is -0.00251. The van der Waals surface area contributed by atoms with Gasteiger partial charge in [0.1, 0.15) is 0 Å². The Labute approximate surface area is 177 Å². The van der Waals surface area contributed by atoms with E-state index in [0.717, 1.165) is 6.07 Å². The summed E-state index contributed by atoms with van der Waals surface area (Å²) in [7, 11) is 0. The Kier molecular flexibility index (Phi) is 6.30. The number of hydrogen-bond acceptors (Lipinski definition) is 1. The van der Waals surface area contributed by atoms with E-state index in [0.29, 0.717) is 0 Å². The molecule has 0 radical (unpaired) electrons. The van der Waals surface area contributed by atoms with Gasteiger partial charge in [-0.15, -0.1) is 0 Å². The van der Waals surface area contributed by atoms with Crippen molar-refractivity contribution in [2.45, 2.75) is 5.09 Å². The van der Waals surface area contributed by atoms with E-state index in [1.54, 1.807) is 0 Å². The van der Waals surface area contributed by atoms with Crippen molar-refractivity contribution in [2.24, 2.45) is 0 Å². The molecule has 12 heteroatoms. The van der Waals surface area contributed by atoms with Gasteiger partial charge >= 0.3 is 177 Å². The van der Waals surface area contributed by atoms with E-state index in [2.05, 4.69) is 0 Å². The normalized spacial score (nSPS) is 11.2. The summed E-state index contributed by atoms with van der Waals surface area (Å²) < 4.78 is 140. The predicted octanol–water partition coefficient (Wildman–Crippen LogP) is 6.22. The number of para-hydroxylation sites is 1. The van der Waals surface area contributed by atoms with Crippen LogP contribution in [0.2, 0.25) is 0 Å². The third kappa shape index (κ3) is 3.55. The van der Waals surface area contributed by atoms with Crippen molar-refractivity contribution >= 4 is 34.8 Å². The van der Waals surface area contributed by atoms with Gasteiger partial charge in [0.15, 0.2) is 0 Å². The molecule has 3 rings (SSSR count). The second-order valence-electron chi connectivity index (χ2n) is 6.15. The summed E-state index contributed by atoms with van der Waals surface area (Å²) in [6.45, 7) is 0. The Morgan fingerprint density at radius 3 is 1.19 bits per heavy atom. The molecule has 0 aliphatic heterocycles. The first-order valence-electron chi connectivity index (χ1n) is 8.45. The number of halogens is 10. The predicted molar refractivity (Wildman–Crippen MR) is 90.2 cm³/mol. The van der Waals surface area contributed by atoms with Crippen LogP contribution in [-0.4, -0.2) is 17.7 Å². The molecule has 0 unspecified atom stereocenters. The molecule has 0 fully saturated rings. The summed E-state index contributed by atoms with van der Waals surface area (Å²) in [6, 6.07) is 4.76. The van der Waals surface area contributed by atoms with E-state index < -0.39 is 75.2 Å². The molecular formula is C19H6F10LiN. The van der Waals surface area contributed by atoms with Crippen molar-refractivity contribution < 1.29 is 43.9 Å². The number of nitrogens with zero attached hydrogens (tertiary/aromatic N) is 1. The summed E-state index contributed by atoms with van der Waals surface area (Å²) in [6.07, 6.45) is 0. The summed E-state index contributed by atoms with van der Waals surface area (Å²) >= 11 is 1.47. The van der Waals surface area contributed by atoms with Gasteiger partial charge in [0.25, 0.3) is 0 Å². The van der Waals surface area contributed by atoms with Gasteiger partial charge in [-0.1, -0.05) is 0 Å². The number of anilines is 3. The van der Waals surface area contributed by atoms with Crippen LogP contribution < -0.4 is 4.90 Å². The molecule has 0 saturated heterocycles. The fourth-order valence-electron chi connectivity index (χ4n) is 2.96. The van der Waals surface area contributed by atoms with Crippen LogP contribution in [0.15, 0.2) is 24.3 Å². The van der Waals surface area contributed by atoms with Crippen LogP contribution >= 0.6 is 0 Å². The maximum absolute atomic E-state index is 14.5. The van der Waals surface area contributed by atoms with E-state index >= 15 is 0 Å². The molecule has 0 amide bonds. The molecule has 0 aromatic heterocycles. The molecule has 0 bridgehead atoms. The van der Waals surface area contributed by atoms with Crippen molar-refractivity contribution in [1.82, 2.24) is 0 Å². The van der Waals surface area contributed by atoms with Crippen LogP contribution in [0.5, 0.6) is 0 Å². The molecule has 0 saturated carbocycles. The molecule has 0 heterocycles. The molecule has 0 spiro atoms. The van der Waals surface area contributed by atoms with Gasteiger partial charge < -0.3 is 0 Å². The minimum absolute atomic E-state index is 0.00251. The Bertz CT molecular complexity index is 1070. The Balaban J connectivity index is 2.56. The Hall–Kier alpha value is -2.64. The molecule has 31 heavy (non-hydrogen) atoms. The van der Waals surface area contributed by atoms with E-state index in [-0.39, 0.29) is 15.6 Å². The molecule has 0 aliphatic carbocycles. The fraction of sp³-hybridized carbons (Fsp3) is 0.0526. The second kappa shape index (κ2) is 8.47. The third-order valence-corrected chi connectivity index (χ3v) is 4.43. The van der Waals surface area contributed by atoms with Crippen LogP contribution in [0.1, 0.15) is 5.56 Å². The zero-order valence-electron chi connectivity index (χ0n) is 15.2. The van der Waals surface area contributed by atoms with Crippen LogP contribution in [0, 0.1) is 58.2 Å². The molecule has 1 nitrogen and oxygen atoms in total. The first-order chi connectivity index (χ1) is 14.5. The van der Waals surface area contributed by atoms with Crippen LogP contribution in [0.25, 0.3) is 0 Å². The van der Waals surface area contributed by atoms with E-state index in [1.165, 1.54) is 35.9 Å². The summed E-state index contributed by atoms with van der Waals surface area (Å²) in [5.41, 5.74) is -4.37.